The monoisotopic (exact) mass is 355 g/mol. The van der Waals surface area contributed by atoms with Crippen LogP contribution in [0.15, 0.2) is 35.1 Å². The highest BCUT2D eigenvalue weighted by atomic mass is 16.2. The molecule has 0 amide bonds. The van der Waals surface area contributed by atoms with Crippen molar-refractivity contribution in [3.63, 3.8) is 0 Å². The minimum Gasteiger partial charge on any atom is -0.317 e. The van der Waals surface area contributed by atoms with Gasteiger partial charge in [0, 0.05) is 26.1 Å². The predicted octanol–water partition coefficient (Wildman–Crippen LogP) is 1.75. The molecule has 3 heterocycles. The lowest BCUT2D eigenvalue weighted by Crippen LogP contribution is -2.41. The van der Waals surface area contributed by atoms with Crippen molar-refractivity contribution in [2.24, 2.45) is 13.0 Å². The standard InChI is InChI=1S/C20H29N5O/c1-23-20(26)25(18-7-3-2-4-8-18)19(22-23)17-6-5-13-24(15-17)14-16-9-11-21-12-10-16/h2-4,7-8,16-17,21H,5-6,9-15H2,1H3/t17-/m1/s1. The van der Waals surface area contributed by atoms with Gasteiger partial charge >= 0.3 is 5.69 Å². The van der Waals surface area contributed by atoms with Gasteiger partial charge in [-0.15, -0.1) is 0 Å². The Morgan fingerprint density at radius 3 is 2.69 bits per heavy atom. The molecular formula is C20H29N5O. The van der Waals surface area contributed by atoms with Crippen molar-refractivity contribution >= 4 is 0 Å². The minimum absolute atomic E-state index is 0.0540. The van der Waals surface area contributed by atoms with Crippen LogP contribution in [0.4, 0.5) is 0 Å². The number of hydrogen-bond acceptors (Lipinski definition) is 4. The third-order valence-corrected chi connectivity index (χ3v) is 5.81. The Bertz CT molecular complexity index is 775. The molecule has 140 valence electrons. The molecule has 2 fully saturated rings. The lowest BCUT2D eigenvalue weighted by atomic mass is 9.93. The van der Waals surface area contributed by atoms with Gasteiger partial charge in [0.1, 0.15) is 5.82 Å². The maximum Gasteiger partial charge on any atom is 0.350 e. The van der Waals surface area contributed by atoms with E-state index < -0.39 is 0 Å². The van der Waals surface area contributed by atoms with E-state index in [1.807, 2.05) is 30.3 Å². The number of rotatable bonds is 4. The predicted molar refractivity (Wildman–Crippen MR) is 103 cm³/mol. The second-order valence-corrected chi connectivity index (χ2v) is 7.73. The van der Waals surface area contributed by atoms with Gasteiger partial charge < -0.3 is 10.2 Å². The minimum atomic E-state index is -0.0540. The van der Waals surface area contributed by atoms with Gasteiger partial charge in [-0.1, -0.05) is 18.2 Å². The molecule has 26 heavy (non-hydrogen) atoms. The molecule has 2 aliphatic rings. The molecule has 0 aliphatic carbocycles. The topological polar surface area (TPSA) is 55.1 Å². The number of nitrogens with zero attached hydrogens (tertiary/aromatic N) is 4. The van der Waals surface area contributed by atoms with Gasteiger partial charge in [0.15, 0.2) is 0 Å². The summed E-state index contributed by atoms with van der Waals surface area (Å²) in [6, 6.07) is 9.90. The van der Waals surface area contributed by atoms with E-state index in [2.05, 4.69) is 15.3 Å². The zero-order chi connectivity index (χ0) is 17.9. The lowest BCUT2D eigenvalue weighted by molar-refractivity contribution is 0.160. The third kappa shape index (κ3) is 3.62. The average molecular weight is 355 g/mol. The zero-order valence-corrected chi connectivity index (χ0v) is 15.6. The second kappa shape index (κ2) is 7.76. The Balaban J connectivity index is 1.55. The molecule has 0 saturated carbocycles. The molecule has 0 spiro atoms. The Labute approximate surface area is 154 Å². The first-order chi connectivity index (χ1) is 12.7. The summed E-state index contributed by atoms with van der Waals surface area (Å²) in [5.74, 6) is 2.04. The quantitative estimate of drug-likeness (QED) is 0.908. The molecule has 4 rings (SSSR count). The van der Waals surface area contributed by atoms with Crippen LogP contribution < -0.4 is 11.0 Å². The van der Waals surface area contributed by atoms with Crippen LogP contribution in [0.1, 0.15) is 37.4 Å². The highest BCUT2D eigenvalue weighted by molar-refractivity contribution is 5.33. The van der Waals surface area contributed by atoms with E-state index in [9.17, 15) is 4.79 Å². The van der Waals surface area contributed by atoms with Crippen molar-refractivity contribution in [3.05, 3.63) is 46.6 Å². The molecule has 6 nitrogen and oxygen atoms in total. The van der Waals surface area contributed by atoms with Crippen LogP contribution >= 0.6 is 0 Å². The fourth-order valence-electron chi connectivity index (χ4n) is 4.43. The summed E-state index contributed by atoms with van der Waals surface area (Å²) < 4.78 is 3.28. The van der Waals surface area contributed by atoms with Crippen molar-refractivity contribution in [2.45, 2.75) is 31.6 Å². The van der Waals surface area contributed by atoms with E-state index >= 15 is 0 Å². The molecule has 1 aromatic heterocycles. The van der Waals surface area contributed by atoms with Crippen LogP contribution in [0.3, 0.4) is 0 Å². The van der Waals surface area contributed by atoms with E-state index in [0.717, 1.165) is 43.5 Å². The smallest absolute Gasteiger partial charge is 0.317 e. The number of aryl methyl sites for hydroxylation is 1. The van der Waals surface area contributed by atoms with Crippen molar-refractivity contribution in [3.8, 4) is 5.69 Å². The van der Waals surface area contributed by atoms with Crippen molar-refractivity contribution in [2.75, 3.05) is 32.7 Å². The number of likely N-dealkylation sites (tertiary alicyclic amines) is 1. The van der Waals surface area contributed by atoms with Crippen LogP contribution in [0.25, 0.3) is 5.69 Å². The Morgan fingerprint density at radius 1 is 1.15 bits per heavy atom. The van der Waals surface area contributed by atoms with Crippen molar-refractivity contribution in [1.29, 1.82) is 0 Å². The summed E-state index contributed by atoms with van der Waals surface area (Å²) in [4.78, 5) is 15.3. The number of benzene rings is 1. The number of nitrogens with one attached hydrogen (secondary N) is 1. The van der Waals surface area contributed by atoms with Crippen LogP contribution in [-0.2, 0) is 7.05 Å². The summed E-state index contributed by atoms with van der Waals surface area (Å²) in [6.07, 6.45) is 4.83. The molecule has 6 heteroatoms. The normalized spacial score (nSPS) is 22.6. The van der Waals surface area contributed by atoms with Crippen molar-refractivity contribution < 1.29 is 0 Å². The molecule has 0 unspecified atom stereocenters. The summed E-state index contributed by atoms with van der Waals surface area (Å²) in [5, 5.41) is 8.07. The van der Waals surface area contributed by atoms with Crippen LogP contribution in [0.2, 0.25) is 0 Å². The second-order valence-electron chi connectivity index (χ2n) is 7.73. The SMILES string of the molecule is Cn1nc([C@@H]2CCCN(CC3CCNCC3)C2)n(-c2ccccc2)c1=O. The van der Waals surface area contributed by atoms with Gasteiger partial charge in [0.25, 0.3) is 0 Å². The van der Waals surface area contributed by atoms with Gasteiger partial charge in [-0.2, -0.15) is 5.10 Å². The molecule has 0 radical (unpaired) electrons. The number of aromatic nitrogens is 3. The Morgan fingerprint density at radius 2 is 1.92 bits per heavy atom. The van der Waals surface area contributed by atoms with Gasteiger partial charge in [-0.3, -0.25) is 0 Å². The summed E-state index contributed by atoms with van der Waals surface area (Å²) in [5.41, 5.74) is 0.859. The molecule has 0 bridgehead atoms. The van der Waals surface area contributed by atoms with Gasteiger partial charge in [-0.25, -0.2) is 14.0 Å². The number of hydrogen-bond donors (Lipinski definition) is 1. The molecule has 1 N–H and O–H groups in total. The molecule has 2 saturated heterocycles. The van der Waals surface area contributed by atoms with E-state index in [1.165, 1.54) is 37.0 Å². The highest BCUT2D eigenvalue weighted by Gasteiger charge is 2.28. The summed E-state index contributed by atoms with van der Waals surface area (Å²) >= 11 is 0. The largest absolute Gasteiger partial charge is 0.350 e. The molecule has 1 aromatic carbocycles. The first-order valence-electron chi connectivity index (χ1n) is 9.87. The lowest BCUT2D eigenvalue weighted by Gasteiger charge is -2.35. The molecule has 1 atom stereocenters. The van der Waals surface area contributed by atoms with Crippen molar-refractivity contribution in [1.82, 2.24) is 24.6 Å². The fourth-order valence-corrected chi connectivity index (χ4v) is 4.43. The summed E-state index contributed by atoms with van der Waals surface area (Å²) in [7, 11) is 1.75. The average Bonchev–Trinajstić information content (AvgIpc) is 2.98. The van der Waals surface area contributed by atoms with Gasteiger partial charge in [0.05, 0.1) is 5.69 Å². The first kappa shape index (κ1) is 17.5. The Kier molecular flexibility index (Phi) is 5.22. The Hall–Kier alpha value is -1.92. The number of piperidine rings is 2. The van der Waals surface area contributed by atoms with E-state index in [1.54, 1.807) is 11.6 Å². The van der Waals surface area contributed by atoms with E-state index in [4.69, 9.17) is 0 Å². The fraction of sp³-hybridized carbons (Fsp3) is 0.600. The molecule has 2 aromatic rings. The molecule has 2 aliphatic heterocycles. The summed E-state index contributed by atoms with van der Waals surface area (Å²) in [6.45, 7) is 5.65. The zero-order valence-electron chi connectivity index (χ0n) is 15.6. The first-order valence-corrected chi connectivity index (χ1v) is 9.87. The van der Waals surface area contributed by atoms with E-state index in [0.29, 0.717) is 5.92 Å². The molecular weight excluding hydrogens is 326 g/mol. The van der Waals surface area contributed by atoms with Crippen LogP contribution in [0, 0.1) is 5.92 Å². The van der Waals surface area contributed by atoms with Gasteiger partial charge in [-0.05, 0) is 63.4 Å². The number of para-hydroxylation sites is 1. The highest BCUT2D eigenvalue weighted by Crippen LogP contribution is 2.27. The maximum atomic E-state index is 12.7. The maximum absolute atomic E-state index is 12.7. The van der Waals surface area contributed by atoms with Crippen LogP contribution in [-0.4, -0.2) is 52.0 Å². The third-order valence-electron chi connectivity index (χ3n) is 5.81. The van der Waals surface area contributed by atoms with Crippen LogP contribution in [0.5, 0.6) is 0 Å². The van der Waals surface area contributed by atoms with Gasteiger partial charge in [0.2, 0.25) is 0 Å². The van der Waals surface area contributed by atoms with E-state index in [-0.39, 0.29) is 5.69 Å².